The second kappa shape index (κ2) is 5.81. The molecule has 3 saturated carbocycles. The van der Waals surface area contributed by atoms with Crippen molar-refractivity contribution in [1.29, 1.82) is 0 Å². The predicted molar refractivity (Wildman–Crippen MR) is 98.9 cm³/mol. The fourth-order valence-corrected chi connectivity index (χ4v) is 7.63. The van der Waals surface area contributed by atoms with E-state index in [0.717, 1.165) is 38.5 Å². The number of rotatable bonds is 2. The second-order valence-corrected chi connectivity index (χ2v) is 10.5. The zero-order valence-electron chi connectivity index (χ0n) is 16.2. The van der Waals surface area contributed by atoms with Crippen LogP contribution < -0.4 is 0 Å². The van der Waals surface area contributed by atoms with Gasteiger partial charge in [-0.3, -0.25) is 0 Å². The van der Waals surface area contributed by atoms with Crippen molar-refractivity contribution < 1.29 is 15.3 Å². The summed E-state index contributed by atoms with van der Waals surface area (Å²) in [5.41, 5.74) is 1.90. The van der Waals surface area contributed by atoms with E-state index in [-0.39, 0.29) is 35.1 Å². The molecular formula is C22H36O3. The summed E-state index contributed by atoms with van der Waals surface area (Å²) < 4.78 is 0. The Morgan fingerprint density at radius 2 is 1.80 bits per heavy atom. The molecule has 4 rings (SSSR count). The molecular weight excluding hydrogens is 312 g/mol. The molecule has 4 aliphatic rings. The van der Waals surface area contributed by atoms with Gasteiger partial charge in [0, 0.05) is 6.61 Å². The van der Waals surface area contributed by atoms with Crippen LogP contribution in [-0.4, -0.2) is 34.1 Å². The molecule has 3 fully saturated rings. The topological polar surface area (TPSA) is 60.7 Å². The van der Waals surface area contributed by atoms with Gasteiger partial charge in [-0.15, -0.1) is 0 Å². The number of fused-ring (bicyclic) bond motifs is 5. The fraction of sp³-hybridized carbons (Fsp3) is 0.909. The first-order valence-corrected chi connectivity index (χ1v) is 10.4. The molecule has 8 atom stereocenters. The van der Waals surface area contributed by atoms with E-state index in [1.807, 2.05) is 0 Å². The van der Waals surface area contributed by atoms with Crippen LogP contribution in [0.1, 0.15) is 72.1 Å². The van der Waals surface area contributed by atoms with Crippen molar-refractivity contribution >= 4 is 0 Å². The molecule has 142 valence electrons. The van der Waals surface area contributed by atoms with Crippen LogP contribution in [0.2, 0.25) is 0 Å². The maximum Gasteiger partial charge on any atom is 0.0577 e. The summed E-state index contributed by atoms with van der Waals surface area (Å²) >= 11 is 0. The van der Waals surface area contributed by atoms with E-state index in [1.54, 1.807) is 0 Å². The first kappa shape index (κ1) is 18.0. The third kappa shape index (κ3) is 2.56. The van der Waals surface area contributed by atoms with Gasteiger partial charge < -0.3 is 15.3 Å². The number of allylic oxidation sites excluding steroid dienone is 1. The van der Waals surface area contributed by atoms with E-state index in [9.17, 15) is 15.3 Å². The lowest BCUT2D eigenvalue weighted by molar-refractivity contribution is -0.0898. The minimum Gasteiger partial charge on any atom is -0.396 e. The van der Waals surface area contributed by atoms with Gasteiger partial charge in [-0.25, -0.2) is 0 Å². The zero-order valence-corrected chi connectivity index (χ0v) is 16.2. The maximum absolute atomic E-state index is 10.4. The SMILES string of the molecule is CC1(CCO)C=C2C[C@@H](O)CC[C@]2(C)C2CC[C@]3(C)C[C@H](O)CC3C21. The van der Waals surface area contributed by atoms with Crippen LogP contribution in [0.3, 0.4) is 0 Å². The first-order chi connectivity index (χ1) is 11.7. The normalized spacial score (nSPS) is 55.1. The Bertz CT molecular complexity index is 572. The van der Waals surface area contributed by atoms with E-state index in [0.29, 0.717) is 17.8 Å². The summed E-state index contributed by atoms with van der Waals surface area (Å²) in [7, 11) is 0. The highest BCUT2D eigenvalue weighted by atomic mass is 16.3. The molecule has 3 nitrogen and oxygen atoms in total. The lowest BCUT2D eigenvalue weighted by Gasteiger charge is -2.62. The van der Waals surface area contributed by atoms with Crippen molar-refractivity contribution in [2.45, 2.75) is 84.3 Å². The summed E-state index contributed by atoms with van der Waals surface area (Å²) in [6.45, 7) is 7.39. The van der Waals surface area contributed by atoms with Crippen molar-refractivity contribution in [2.75, 3.05) is 6.61 Å². The van der Waals surface area contributed by atoms with Gasteiger partial charge in [-0.1, -0.05) is 32.4 Å². The molecule has 25 heavy (non-hydrogen) atoms. The van der Waals surface area contributed by atoms with E-state index in [4.69, 9.17) is 0 Å². The summed E-state index contributed by atoms with van der Waals surface area (Å²) in [5.74, 6) is 1.72. The Morgan fingerprint density at radius 1 is 1.04 bits per heavy atom. The van der Waals surface area contributed by atoms with Gasteiger partial charge >= 0.3 is 0 Å². The van der Waals surface area contributed by atoms with Gasteiger partial charge in [0.1, 0.15) is 0 Å². The largest absolute Gasteiger partial charge is 0.396 e. The molecule has 0 aromatic heterocycles. The number of hydrogen-bond donors (Lipinski definition) is 3. The number of aliphatic hydroxyl groups excluding tert-OH is 3. The predicted octanol–water partition coefficient (Wildman–Crippen LogP) is 3.67. The Kier molecular flexibility index (Phi) is 4.18. The molecule has 0 amide bonds. The van der Waals surface area contributed by atoms with Crippen molar-refractivity contribution in [1.82, 2.24) is 0 Å². The van der Waals surface area contributed by atoms with Gasteiger partial charge in [0.05, 0.1) is 12.2 Å². The number of aliphatic hydroxyl groups is 3. The van der Waals surface area contributed by atoms with Gasteiger partial charge in [0.25, 0.3) is 0 Å². The molecule has 4 aliphatic carbocycles. The van der Waals surface area contributed by atoms with Crippen LogP contribution in [-0.2, 0) is 0 Å². The van der Waals surface area contributed by atoms with E-state index in [1.165, 1.54) is 18.4 Å². The summed E-state index contributed by atoms with van der Waals surface area (Å²) in [5, 5.41) is 30.5. The Hall–Kier alpha value is -0.380. The highest BCUT2D eigenvalue weighted by Crippen LogP contribution is 2.69. The monoisotopic (exact) mass is 348 g/mol. The minimum absolute atomic E-state index is 0.0122. The van der Waals surface area contributed by atoms with Crippen LogP contribution in [0.4, 0.5) is 0 Å². The van der Waals surface area contributed by atoms with Crippen LogP contribution in [0.5, 0.6) is 0 Å². The lowest BCUT2D eigenvalue weighted by atomic mass is 9.42. The highest BCUT2D eigenvalue weighted by molar-refractivity contribution is 5.30. The molecule has 0 aromatic rings. The van der Waals surface area contributed by atoms with Crippen LogP contribution in [0.15, 0.2) is 11.6 Å². The first-order valence-electron chi connectivity index (χ1n) is 10.4. The molecule has 4 unspecified atom stereocenters. The van der Waals surface area contributed by atoms with Gasteiger partial charge in [0.2, 0.25) is 0 Å². The molecule has 0 spiro atoms. The third-order valence-corrected chi connectivity index (χ3v) is 8.94. The lowest BCUT2D eigenvalue weighted by Crippen LogP contribution is -2.55. The second-order valence-electron chi connectivity index (χ2n) is 10.5. The Labute approximate surface area is 152 Å². The van der Waals surface area contributed by atoms with Crippen LogP contribution in [0, 0.1) is 34.0 Å². The number of hydrogen-bond acceptors (Lipinski definition) is 3. The standard InChI is InChI=1S/C22H36O3/c1-20-6-5-17-19(18(20)11-16(25)13-20)21(2,8-9-23)12-14-10-15(24)4-7-22(14,17)3/h12,15-19,23-25H,4-11,13H2,1-3H3/t15-,16+,17?,18?,19?,20+,21?,22-/m0/s1. The van der Waals surface area contributed by atoms with Crippen molar-refractivity contribution in [3.63, 3.8) is 0 Å². The molecule has 0 aliphatic heterocycles. The molecule has 3 N–H and O–H groups in total. The smallest absolute Gasteiger partial charge is 0.0577 e. The summed E-state index contributed by atoms with van der Waals surface area (Å²) in [6.07, 6.45) is 10.0. The molecule has 3 heteroatoms. The summed E-state index contributed by atoms with van der Waals surface area (Å²) in [4.78, 5) is 0. The van der Waals surface area contributed by atoms with E-state index >= 15 is 0 Å². The average Bonchev–Trinajstić information content (AvgIpc) is 2.83. The third-order valence-electron chi connectivity index (χ3n) is 8.94. The Morgan fingerprint density at radius 3 is 2.52 bits per heavy atom. The Balaban J connectivity index is 1.81. The molecule has 0 radical (unpaired) electrons. The zero-order chi connectivity index (χ0) is 18.0. The van der Waals surface area contributed by atoms with Crippen molar-refractivity contribution in [2.24, 2.45) is 34.0 Å². The van der Waals surface area contributed by atoms with Gasteiger partial charge in [-0.05, 0) is 85.4 Å². The molecule has 0 bridgehead atoms. The van der Waals surface area contributed by atoms with Gasteiger partial charge in [0.15, 0.2) is 0 Å². The molecule has 0 aromatic carbocycles. The minimum atomic E-state index is -0.198. The molecule has 0 heterocycles. The average molecular weight is 349 g/mol. The van der Waals surface area contributed by atoms with Crippen molar-refractivity contribution in [3.05, 3.63) is 11.6 Å². The molecule has 0 saturated heterocycles. The van der Waals surface area contributed by atoms with Crippen LogP contribution >= 0.6 is 0 Å². The quantitative estimate of drug-likeness (QED) is 0.667. The van der Waals surface area contributed by atoms with Crippen molar-refractivity contribution in [3.8, 4) is 0 Å². The van der Waals surface area contributed by atoms with E-state index < -0.39 is 0 Å². The van der Waals surface area contributed by atoms with Gasteiger partial charge in [-0.2, -0.15) is 0 Å². The maximum atomic E-state index is 10.4. The fourth-order valence-electron chi connectivity index (χ4n) is 7.63. The summed E-state index contributed by atoms with van der Waals surface area (Å²) in [6, 6.07) is 0. The van der Waals surface area contributed by atoms with Crippen LogP contribution in [0.25, 0.3) is 0 Å². The van der Waals surface area contributed by atoms with E-state index in [2.05, 4.69) is 26.8 Å². The highest BCUT2D eigenvalue weighted by Gasteiger charge is 2.62.